The maximum absolute atomic E-state index is 2.48. The molecule has 6 atom stereocenters. The standard InChI is InChI=1S/C16H30.C2H6.2CH4/c1-11-5-7-15(9-13(11)3)16-8-6-12(2)14(4)10-16;1-2;;/h11-16H,5-10H2,1-4H3;1-2H3;2*1H4. The Labute approximate surface area is 131 Å². The van der Waals surface area contributed by atoms with Gasteiger partial charge < -0.3 is 0 Å². The van der Waals surface area contributed by atoms with Gasteiger partial charge in [0.05, 0.1) is 0 Å². The summed E-state index contributed by atoms with van der Waals surface area (Å²) in [6, 6.07) is 0. The number of hydrogen-bond donors (Lipinski definition) is 0. The van der Waals surface area contributed by atoms with Crippen LogP contribution >= 0.6 is 0 Å². The van der Waals surface area contributed by atoms with Crippen LogP contribution in [-0.2, 0) is 0 Å². The fourth-order valence-electron chi connectivity index (χ4n) is 4.03. The smallest absolute Gasteiger partial charge is 0.0383 e. The van der Waals surface area contributed by atoms with Crippen molar-refractivity contribution in [1.29, 1.82) is 0 Å². The monoisotopic (exact) mass is 284 g/mol. The van der Waals surface area contributed by atoms with E-state index in [0.717, 1.165) is 35.5 Å². The molecule has 0 heterocycles. The maximum atomic E-state index is 2.48. The third-order valence-electron chi connectivity index (χ3n) is 5.94. The molecule has 0 nitrogen and oxygen atoms in total. The Morgan fingerprint density at radius 3 is 1.05 bits per heavy atom. The van der Waals surface area contributed by atoms with E-state index in [1.807, 2.05) is 13.8 Å². The van der Waals surface area contributed by atoms with Gasteiger partial charge >= 0.3 is 0 Å². The molecular weight excluding hydrogens is 240 g/mol. The van der Waals surface area contributed by atoms with Gasteiger partial charge in [-0.1, -0.05) is 69.2 Å². The number of hydrogen-bond acceptors (Lipinski definition) is 0. The first-order valence-electron chi connectivity index (χ1n) is 8.58. The molecule has 0 N–H and O–H groups in total. The van der Waals surface area contributed by atoms with Crippen LogP contribution < -0.4 is 0 Å². The molecule has 0 spiro atoms. The highest BCUT2D eigenvalue weighted by Crippen LogP contribution is 2.44. The summed E-state index contributed by atoms with van der Waals surface area (Å²) < 4.78 is 0. The van der Waals surface area contributed by atoms with E-state index in [9.17, 15) is 0 Å². The van der Waals surface area contributed by atoms with Crippen LogP contribution in [-0.4, -0.2) is 0 Å². The van der Waals surface area contributed by atoms with E-state index >= 15 is 0 Å². The average molecular weight is 285 g/mol. The van der Waals surface area contributed by atoms with E-state index in [1.54, 1.807) is 0 Å². The first-order valence-corrected chi connectivity index (χ1v) is 8.58. The van der Waals surface area contributed by atoms with Crippen molar-refractivity contribution in [2.24, 2.45) is 35.5 Å². The van der Waals surface area contributed by atoms with Crippen LogP contribution in [0, 0.1) is 35.5 Å². The topological polar surface area (TPSA) is 0 Å². The Hall–Kier alpha value is 0. The molecular formula is C20H44. The van der Waals surface area contributed by atoms with E-state index in [4.69, 9.17) is 0 Å². The van der Waals surface area contributed by atoms with Gasteiger partial charge in [0.1, 0.15) is 0 Å². The minimum Gasteiger partial charge on any atom is -0.0776 e. The second-order valence-corrected chi connectivity index (χ2v) is 7.06. The molecule has 2 aliphatic carbocycles. The normalized spacial score (nSPS) is 40.5. The molecule has 20 heavy (non-hydrogen) atoms. The fraction of sp³-hybridized carbons (Fsp3) is 1.00. The molecule has 2 aliphatic rings. The Kier molecular flexibility index (Phi) is 11.9. The molecule has 2 rings (SSSR count). The zero-order valence-electron chi connectivity index (χ0n) is 13.7. The lowest BCUT2D eigenvalue weighted by molar-refractivity contribution is 0.0956. The lowest BCUT2D eigenvalue weighted by Crippen LogP contribution is -2.31. The summed E-state index contributed by atoms with van der Waals surface area (Å²) in [4.78, 5) is 0. The van der Waals surface area contributed by atoms with E-state index in [2.05, 4.69) is 27.7 Å². The van der Waals surface area contributed by atoms with Gasteiger partial charge in [-0.25, -0.2) is 0 Å². The third-order valence-corrected chi connectivity index (χ3v) is 5.94. The lowest BCUT2D eigenvalue weighted by atomic mass is 9.64. The number of rotatable bonds is 1. The molecule has 0 amide bonds. The predicted octanol–water partition coefficient (Wildman–Crippen LogP) is 7.43. The highest BCUT2D eigenvalue weighted by molar-refractivity contribution is 4.84. The highest BCUT2D eigenvalue weighted by Gasteiger charge is 2.33. The average Bonchev–Trinajstić information content (AvgIpc) is 2.38. The van der Waals surface area contributed by atoms with Crippen LogP contribution in [0.15, 0.2) is 0 Å². The van der Waals surface area contributed by atoms with Crippen LogP contribution in [0.4, 0.5) is 0 Å². The Balaban J connectivity index is 0. The van der Waals surface area contributed by atoms with Crippen molar-refractivity contribution in [3.05, 3.63) is 0 Å². The van der Waals surface area contributed by atoms with Crippen molar-refractivity contribution in [2.75, 3.05) is 0 Å². The van der Waals surface area contributed by atoms with Crippen LogP contribution in [0.1, 0.15) is 94.9 Å². The van der Waals surface area contributed by atoms with Crippen molar-refractivity contribution in [3.8, 4) is 0 Å². The van der Waals surface area contributed by atoms with Gasteiger partial charge in [0, 0.05) is 0 Å². The summed E-state index contributed by atoms with van der Waals surface area (Å²) in [6.07, 6.45) is 9.08. The molecule has 2 saturated carbocycles. The summed E-state index contributed by atoms with van der Waals surface area (Å²) in [7, 11) is 0. The zero-order valence-corrected chi connectivity index (χ0v) is 13.7. The van der Waals surface area contributed by atoms with Crippen LogP contribution in [0.25, 0.3) is 0 Å². The summed E-state index contributed by atoms with van der Waals surface area (Å²) in [5.41, 5.74) is 0. The van der Waals surface area contributed by atoms with Gasteiger partial charge in [-0.05, 0) is 61.2 Å². The van der Waals surface area contributed by atoms with Gasteiger partial charge in [-0.3, -0.25) is 0 Å². The molecule has 124 valence electrons. The van der Waals surface area contributed by atoms with Gasteiger partial charge in [0.2, 0.25) is 0 Å². The molecule has 0 saturated heterocycles. The molecule has 0 bridgehead atoms. The summed E-state index contributed by atoms with van der Waals surface area (Å²) in [5.74, 6) is 6.07. The second-order valence-electron chi connectivity index (χ2n) is 7.06. The van der Waals surface area contributed by atoms with E-state index in [0.29, 0.717) is 0 Å². The van der Waals surface area contributed by atoms with Crippen molar-refractivity contribution in [3.63, 3.8) is 0 Å². The third kappa shape index (κ3) is 5.78. The minimum atomic E-state index is 0. The Morgan fingerprint density at radius 2 is 0.800 bits per heavy atom. The van der Waals surface area contributed by atoms with E-state index < -0.39 is 0 Å². The fourth-order valence-corrected chi connectivity index (χ4v) is 4.03. The second kappa shape index (κ2) is 10.7. The minimum absolute atomic E-state index is 0. The molecule has 2 fully saturated rings. The Morgan fingerprint density at radius 1 is 0.500 bits per heavy atom. The summed E-state index contributed by atoms with van der Waals surface area (Å²) >= 11 is 0. The molecule has 0 heteroatoms. The van der Waals surface area contributed by atoms with Crippen LogP contribution in [0.5, 0.6) is 0 Å². The molecule has 0 aromatic rings. The highest BCUT2D eigenvalue weighted by atomic mass is 14.4. The lowest BCUT2D eigenvalue weighted by Gasteiger charge is -2.41. The van der Waals surface area contributed by atoms with E-state index in [1.165, 1.54) is 38.5 Å². The zero-order chi connectivity index (χ0) is 13.7. The molecule has 0 aromatic carbocycles. The maximum Gasteiger partial charge on any atom is -0.0383 e. The van der Waals surface area contributed by atoms with Crippen molar-refractivity contribution in [2.45, 2.75) is 94.9 Å². The van der Waals surface area contributed by atoms with Crippen molar-refractivity contribution < 1.29 is 0 Å². The van der Waals surface area contributed by atoms with Crippen LogP contribution in [0.2, 0.25) is 0 Å². The van der Waals surface area contributed by atoms with Gasteiger partial charge in [-0.2, -0.15) is 0 Å². The first kappa shape index (κ1) is 22.3. The van der Waals surface area contributed by atoms with Gasteiger partial charge in [0.15, 0.2) is 0 Å². The SMILES string of the molecule is C.C.CC.CC1CCC(C2CCC(C)C(C)C2)CC1C. The quantitative estimate of drug-likeness (QED) is 0.469. The molecule has 0 aromatic heterocycles. The molecule has 6 unspecified atom stereocenters. The molecule has 0 radical (unpaired) electrons. The summed E-state index contributed by atoms with van der Waals surface area (Å²) in [5, 5.41) is 0. The Bertz CT molecular complexity index is 196. The largest absolute Gasteiger partial charge is 0.0776 e. The van der Waals surface area contributed by atoms with Crippen LogP contribution in [0.3, 0.4) is 0 Å². The first-order chi connectivity index (χ1) is 8.58. The molecule has 0 aliphatic heterocycles. The predicted molar refractivity (Wildman–Crippen MR) is 96.1 cm³/mol. The van der Waals surface area contributed by atoms with E-state index in [-0.39, 0.29) is 14.9 Å². The summed E-state index contributed by atoms with van der Waals surface area (Å²) in [6.45, 7) is 13.9. The van der Waals surface area contributed by atoms with Gasteiger partial charge in [-0.15, -0.1) is 0 Å². The van der Waals surface area contributed by atoms with Crippen molar-refractivity contribution >= 4 is 0 Å². The van der Waals surface area contributed by atoms with Crippen molar-refractivity contribution in [1.82, 2.24) is 0 Å². The van der Waals surface area contributed by atoms with Gasteiger partial charge in [0.25, 0.3) is 0 Å².